The molecular formula is C16H23N5O4. The second kappa shape index (κ2) is 8.21. The first kappa shape index (κ1) is 17.6. The van der Waals surface area contributed by atoms with Gasteiger partial charge in [-0.3, -0.25) is 9.48 Å². The highest BCUT2D eigenvalue weighted by atomic mass is 16.5. The van der Waals surface area contributed by atoms with E-state index in [9.17, 15) is 4.79 Å². The number of likely N-dealkylation sites (tertiary alicyclic amines) is 1. The van der Waals surface area contributed by atoms with Gasteiger partial charge in [0.1, 0.15) is 6.61 Å². The molecule has 136 valence electrons. The Bertz CT molecular complexity index is 698. The van der Waals surface area contributed by atoms with Gasteiger partial charge < -0.3 is 18.9 Å². The summed E-state index contributed by atoms with van der Waals surface area (Å²) in [4.78, 5) is 19.0. The zero-order valence-electron chi connectivity index (χ0n) is 14.6. The van der Waals surface area contributed by atoms with Crippen molar-refractivity contribution in [3.8, 4) is 0 Å². The van der Waals surface area contributed by atoms with Crippen molar-refractivity contribution in [2.45, 2.75) is 31.9 Å². The first-order chi connectivity index (χ1) is 12.2. The highest BCUT2D eigenvalue weighted by molar-refractivity contribution is 5.94. The van der Waals surface area contributed by atoms with Gasteiger partial charge in [0.25, 0.3) is 11.8 Å². The molecule has 9 nitrogen and oxygen atoms in total. The Hall–Kier alpha value is -2.26. The van der Waals surface area contributed by atoms with Crippen molar-refractivity contribution >= 4 is 5.91 Å². The summed E-state index contributed by atoms with van der Waals surface area (Å²) in [6, 6.07) is -0.182. The zero-order valence-corrected chi connectivity index (χ0v) is 14.6. The molecule has 9 heteroatoms. The third-order valence-electron chi connectivity index (χ3n) is 4.15. The molecule has 1 aliphatic rings. The summed E-state index contributed by atoms with van der Waals surface area (Å²) in [7, 11) is 3.41. The Morgan fingerprint density at radius 1 is 1.40 bits per heavy atom. The van der Waals surface area contributed by atoms with Gasteiger partial charge in [0.05, 0.1) is 31.0 Å². The van der Waals surface area contributed by atoms with Crippen molar-refractivity contribution in [2.24, 2.45) is 7.05 Å². The highest BCUT2D eigenvalue weighted by Crippen LogP contribution is 2.30. The minimum Gasteiger partial charge on any atom is -0.382 e. The van der Waals surface area contributed by atoms with Gasteiger partial charge in [-0.05, 0) is 19.3 Å². The number of hydrogen-bond donors (Lipinski definition) is 0. The largest absolute Gasteiger partial charge is 0.382 e. The van der Waals surface area contributed by atoms with Crippen LogP contribution in [0.5, 0.6) is 0 Å². The van der Waals surface area contributed by atoms with Gasteiger partial charge in [-0.1, -0.05) is 5.16 Å². The molecule has 0 aliphatic carbocycles. The predicted octanol–water partition coefficient (Wildman–Crippen LogP) is 1.33. The van der Waals surface area contributed by atoms with Gasteiger partial charge in [-0.25, -0.2) is 0 Å². The average molecular weight is 349 g/mol. The van der Waals surface area contributed by atoms with Crippen LogP contribution in [0.25, 0.3) is 0 Å². The van der Waals surface area contributed by atoms with Crippen molar-refractivity contribution in [2.75, 3.05) is 26.9 Å². The van der Waals surface area contributed by atoms with E-state index in [1.807, 2.05) is 0 Å². The number of ether oxygens (including phenoxy) is 2. The number of carbonyl (C=O) groups excluding carboxylic acids is 1. The predicted molar refractivity (Wildman–Crippen MR) is 86.7 cm³/mol. The van der Waals surface area contributed by atoms with Crippen LogP contribution in [0.15, 0.2) is 16.9 Å². The van der Waals surface area contributed by atoms with E-state index in [2.05, 4.69) is 15.2 Å². The molecule has 0 N–H and O–H groups in total. The van der Waals surface area contributed by atoms with Crippen LogP contribution in [-0.2, 0) is 23.1 Å². The molecule has 25 heavy (non-hydrogen) atoms. The number of methoxy groups -OCH3 is 1. The van der Waals surface area contributed by atoms with E-state index < -0.39 is 0 Å². The van der Waals surface area contributed by atoms with Crippen molar-refractivity contribution in [3.05, 3.63) is 29.7 Å². The summed E-state index contributed by atoms with van der Waals surface area (Å²) in [5, 5.41) is 8.13. The Kier molecular flexibility index (Phi) is 5.77. The standard InChI is InChI=1S/C16H23N5O4/c1-20-10-12(9-17-20)16(22)21-6-4-3-5-13(21)15-18-14(25-19-15)11-24-8-7-23-2/h9-10,13H,3-8,11H2,1-2H3. The fourth-order valence-corrected chi connectivity index (χ4v) is 2.90. The van der Waals surface area contributed by atoms with Crippen LogP contribution in [0.1, 0.15) is 47.4 Å². The molecule has 0 radical (unpaired) electrons. The number of aryl methyl sites for hydroxylation is 1. The number of carbonyl (C=O) groups is 1. The van der Waals surface area contributed by atoms with Crippen molar-refractivity contribution in [3.63, 3.8) is 0 Å². The number of nitrogens with zero attached hydrogens (tertiary/aromatic N) is 5. The first-order valence-corrected chi connectivity index (χ1v) is 8.38. The van der Waals surface area contributed by atoms with Crippen LogP contribution in [0.3, 0.4) is 0 Å². The maximum atomic E-state index is 12.8. The Morgan fingerprint density at radius 2 is 2.28 bits per heavy atom. The Balaban J connectivity index is 1.68. The second-order valence-corrected chi connectivity index (χ2v) is 6.00. The summed E-state index contributed by atoms with van der Waals surface area (Å²) in [6.07, 6.45) is 6.11. The van der Waals surface area contributed by atoms with Gasteiger partial charge in [0, 0.05) is 26.9 Å². The van der Waals surface area contributed by atoms with Crippen molar-refractivity contribution in [1.82, 2.24) is 24.8 Å². The third kappa shape index (κ3) is 4.23. The van der Waals surface area contributed by atoms with Crippen LogP contribution >= 0.6 is 0 Å². The molecule has 0 bridgehead atoms. The van der Waals surface area contributed by atoms with Gasteiger partial charge in [-0.2, -0.15) is 10.1 Å². The molecule has 0 aromatic carbocycles. The normalized spacial score (nSPS) is 17.8. The zero-order chi connectivity index (χ0) is 17.6. The lowest BCUT2D eigenvalue weighted by Gasteiger charge is -2.33. The fourth-order valence-electron chi connectivity index (χ4n) is 2.90. The van der Waals surface area contributed by atoms with Crippen LogP contribution in [0.4, 0.5) is 0 Å². The molecular weight excluding hydrogens is 326 g/mol. The third-order valence-corrected chi connectivity index (χ3v) is 4.15. The SMILES string of the molecule is COCCOCc1nc(C2CCCCN2C(=O)c2cnn(C)c2)no1. The van der Waals surface area contributed by atoms with E-state index in [4.69, 9.17) is 14.0 Å². The van der Waals surface area contributed by atoms with E-state index in [1.54, 1.807) is 36.1 Å². The summed E-state index contributed by atoms with van der Waals surface area (Å²) < 4.78 is 17.2. The topological polar surface area (TPSA) is 95.5 Å². The lowest BCUT2D eigenvalue weighted by Crippen LogP contribution is -2.38. The van der Waals surface area contributed by atoms with E-state index in [0.717, 1.165) is 19.3 Å². The summed E-state index contributed by atoms with van der Waals surface area (Å²) in [6.45, 7) is 1.88. The molecule has 1 saturated heterocycles. The lowest BCUT2D eigenvalue weighted by molar-refractivity contribution is 0.0494. The first-order valence-electron chi connectivity index (χ1n) is 8.38. The summed E-state index contributed by atoms with van der Waals surface area (Å²) in [5.74, 6) is 0.883. The Morgan fingerprint density at radius 3 is 3.04 bits per heavy atom. The van der Waals surface area contributed by atoms with E-state index in [0.29, 0.717) is 37.0 Å². The molecule has 3 heterocycles. The highest BCUT2D eigenvalue weighted by Gasteiger charge is 2.32. The summed E-state index contributed by atoms with van der Waals surface area (Å²) in [5.41, 5.74) is 0.570. The van der Waals surface area contributed by atoms with Gasteiger partial charge >= 0.3 is 0 Å². The van der Waals surface area contributed by atoms with Crippen LogP contribution in [0, 0.1) is 0 Å². The fraction of sp³-hybridized carbons (Fsp3) is 0.625. The maximum absolute atomic E-state index is 12.8. The quantitative estimate of drug-likeness (QED) is 0.696. The van der Waals surface area contributed by atoms with Gasteiger partial charge in [-0.15, -0.1) is 0 Å². The molecule has 0 saturated carbocycles. The average Bonchev–Trinajstić information content (AvgIpc) is 3.27. The van der Waals surface area contributed by atoms with Crippen LogP contribution < -0.4 is 0 Å². The molecule has 2 aromatic heterocycles. The van der Waals surface area contributed by atoms with Crippen molar-refractivity contribution < 1.29 is 18.8 Å². The van der Waals surface area contributed by atoms with E-state index >= 15 is 0 Å². The van der Waals surface area contributed by atoms with Crippen molar-refractivity contribution in [1.29, 1.82) is 0 Å². The monoisotopic (exact) mass is 349 g/mol. The second-order valence-electron chi connectivity index (χ2n) is 6.00. The molecule has 1 unspecified atom stereocenters. The summed E-state index contributed by atoms with van der Waals surface area (Å²) >= 11 is 0. The van der Waals surface area contributed by atoms with E-state index in [1.165, 1.54) is 0 Å². The van der Waals surface area contributed by atoms with Gasteiger partial charge in [0.2, 0.25) is 0 Å². The number of hydrogen-bond acceptors (Lipinski definition) is 7. The Labute approximate surface area is 145 Å². The minimum atomic E-state index is -0.182. The maximum Gasteiger partial charge on any atom is 0.257 e. The number of amides is 1. The number of aromatic nitrogens is 4. The minimum absolute atomic E-state index is 0.0551. The molecule has 3 rings (SSSR count). The molecule has 0 spiro atoms. The van der Waals surface area contributed by atoms with E-state index in [-0.39, 0.29) is 18.6 Å². The number of piperidine rings is 1. The number of rotatable bonds is 7. The van der Waals surface area contributed by atoms with Crippen LogP contribution in [0.2, 0.25) is 0 Å². The molecule has 2 aromatic rings. The molecule has 1 aliphatic heterocycles. The van der Waals surface area contributed by atoms with Crippen LogP contribution in [-0.4, -0.2) is 57.6 Å². The molecule has 1 fully saturated rings. The smallest absolute Gasteiger partial charge is 0.257 e. The molecule has 1 atom stereocenters. The van der Waals surface area contributed by atoms with Gasteiger partial charge in [0.15, 0.2) is 5.82 Å². The molecule has 1 amide bonds. The lowest BCUT2D eigenvalue weighted by atomic mass is 10.0.